The molecule has 2 aromatic rings. The second-order valence-corrected chi connectivity index (χ2v) is 4.92. The van der Waals surface area contributed by atoms with E-state index in [1.165, 1.54) is 11.3 Å². The Morgan fingerprint density at radius 2 is 2.24 bits per heavy atom. The first-order valence-electron chi connectivity index (χ1n) is 6.01. The van der Waals surface area contributed by atoms with E-state index in [0.717, 1.165) is 5.01 Å². The van der Waals surface area contributed by atoms with Crippen molar-refractivity contribution in [1.29, 1.82) is 0 Å². The number of anilines is 1. The minimum atomic E-state index is -1.06. The van der Waals surface area contributed by atoms with Crippen LogP contribution in [0, 0.1) is 0 Å². The third kappa shape index (κ3) is 5.11. The van der Waals surface area contributed by atoms with Gasteiger partial charge in [0.05, 0.1) is 6.54 Å². The van der Waals surface area contributed by atoms with E-state index in [9.17, 15) is 9.59 Å². The number of thiazole rings is 1. The number of hydrogen-bond donors (Lipinski definition) is 3. The van der Waals surface area contributed by atoms with Gasteiger partial charge in [0.25, 0.3) is 0 Å². The molecule has 7 nitrogen and oxygen atoms in total. The van der Waals surface area contributed by atoms with Crippen molar-refractivity contribution >= 4 is 29.0 Å². The Hall–Kier alpha value is -2.61. The maximum absolute atomic E-state index is 11.7. The summed E-state index contributed by atoms with van der Waals surface area (Å²) in [6, 6.07) is 6.12. The second kappa shape index (κ2) is 7.25. The largest absolute Gasteiger partial charge is 0.482 e. The van der Waals surface area contributed by atoms with Gasteiger partial charge in [0, 0.05) is 23.3 Å². The van der Waals surface area contributed by atoms with Gasteiger partial charge in [-0.2, -0.15) is 0 Å². The first-order valence-corrected chi connectivity index (χ1v) is 6.89. The number of carboxylic acids is 1. The van der Waals surface area contributed by atoms with Crippen LogP contribution in [0.1, 0.15) is 5.01 Å². The summed E-state index contributed by atoms with van der Waals surface area (Å²) >= 11 is 1.45. The molecule has 0 aliphatic heterocycles. The lowest BCUT2D eigenvalue weighted by Crippen LogP contribution is -2.28. The molecule has 21 heavy (non-hydrogen) atoms. The van der Waals surface area contributed by atoms with Crippen LogP contribution < -0.4 is 15.4 Å². The molecule has 110 valence electrons. The monoisotopic (exact) mass is 307 g/mol. The molecule has 0 bridgehead atoms. The molecular weight excluding hydrogens is 294 g/mol. The smallest absolute Gasteiger partial charge is 0.341 e. The zero-order valence-electron chi connectivity index (χ0n) is 10.9. The molecule has 2 amide bonds. The molecule has 3 N–H and O–H groups in total. The van der Waals surface area contributed by atoms with E-state index >= 15 is 0 Å². The standard InChI is InChI=1S/C13H13N3O4S/c17-12(18)8-20-10-3-1-2-9(6-10)16-13(19)15-7-11-14-4-5-21-11/h1-6H,7-8H2,(H,17,18)(H2,15,16,19). The molecule has 0 atom stereocenters. The van der Waals surface area contributed by atoms with Crippen LogP contribution in [0.25, 0.3) is 0 Å². The molecule has 0 spiro atoms. The highest BCUT2D eigenvalue weighted by molar-refractivity contribution is 7.09. The van der Waals surface area contributed by atoms with Crippen molar-refractivity contribution in [3.8, 4) is 5.75 Å². The van der Waals surface area contributed by atoms with Crippen LogP contribution in [-0.4, -0.2) is 28.7 Å². The average Bonchev–Trinajstić information content (AvgIpc) is 2.97. The predicted molar refractivity (Wildman–Crippen MR) is 77.5 cm³/mol. The predicted octanol–water partition coefficient (Wildman–Crippen LogP) is 1.93. The van der Waals surface area contributed by atoms with Crippen molar-refractivity contribution in [2.45, 2.75) is 6.54 Å². The van der Waals surface area contributed by atoms with Crippen LogP contribution >= 0.6 is 11.3 Å². The van der Waals surface area contributed by atoms with Crippen molar-refractivity contribution in [3.63, 3.8) is 0 Å². The molecule has 0 saturated heterocycles. The Balaban J connectivity index is 1.85. The number of carboxylic acid groups (broad SMARTS) is 1. The minimum absolute atomic E-state index is 0.346. The van der Waals surface area contributed by atoms with Gasteiger partial charge in [-0.1, -0.05) is 6.07 Å². The summed E-state index contributed by atoms with van der Waals surface area (Å²) in [6.07, 6.45) is 1.67. The highest BCUT2D eigenvalue weighted by Crippen LogP contribution is 2.17. The van der Waals surface area contributed by atoms with E-state index in [1.54, 1.807) is 30.5 Å². The van der Waals surface area contributed by atoms with Gasteiger partial charge in [-0.05, 0) is 12.1 Å². The van der Waals surface area contributed by atoms with E-state index in [2.05, 4.69) is 15.6 Å². The van der Waals surface area contributed by atoms with Crippen LogP contribution in [0.2, 0.25) is 0 Å². The van der Waals surface area contributed by atoms with Gasteiger partial charge in [-0.25, -0.2) is 14.6 Å². The zero-order valence-corrected chi connectivity index (χ0v) is 11.7. The molecule has 1 aromatic carbocycles. The van der Waals surface area contributed by atoms with Crippen LogP contribution in [0.15, 0.2) is 35.8 Å². The van der Waals surface area contributed by atoms with E-state index < -0.39 is 12.6 Å². The van der Waals surface area contributed by atoms with Gasteiger partial charge < -0.3 is 20.5 Å². The van der Waals surface area contributed by atoms with Crippen molar-refractivity contribution in [2.75, 3.05) is 11.9 Å². The van der Waals surface area contributed by atoms with Gasteiger partial charge >= 0.3 is 12.0 Å². The maximum Gasteiger partial charge on any atom is 0.341 e. The van der Waals surface area contributed by atoms with Crippen molar-refractivity contribution < 1.29 is 19.4 Å². The number of hydrogen-bond acceptors (Lipinski definition) is 5. The molecule has 0 unspecified atom stereocenters. The number of ether oxygens (including phenoxy) is 1. The fourth-order valence-electron chi connectivity index (χ4n) is 1.48. The fraction of sp³-hybridized carbons (Fsp3) is 0.154. The molecule has 1 aromatic heterocycles. The van der Waals surface area contributed by atoms with E-state index in [-0.39, 0.29) is 6.03 Å². The summed E-state index contributed by atoms with van der Waals surface area (Å²) in [5, 5.41) is 16.5. The quantitative estimate of drug-likeness (QED) is 0.757. The highest BCUT2D eigenvalue weighted by Gasteiger charge is 2.05. The van der Waals surface area contributed by atoms with E-state index in [1.807, 2.05) is 5.38 Å². The summed E-state index contributed by atoms with van der Waals surface area (Å²) in [5.74, 6) is -0.690. The molecule has 2 rings (SSSR count). The lowest BCUT2D eigenvalue weighted by atomic mass is 10.3. The number of urea groups is 1. The third-order valence-corrected chi connectivity index (χ3v) is 3.12. The Morgan fingerprint density at radius 1 is 1.38 bits per heavy atom. The Labute approximate surface area is 124 Å². The summed E-state index contributed by atoms with van der Waals surface area (Å²) in [6.45, 7) is -0.0849. The van der Waals surface area contributed by atoms with Gasteiger partial charge in [0.15, 0.2) is 6.61 Å². The zero-order chi connectivity index (χ0) is 15.1. The molecular formula is C13H13N3O4S. The Bertz CT molecular complexity index is 616. The normalized spacial score (nSPS) is 9.90. The number of nitrogens with one attached hydrogen (secondary N) is 2. The molecule has 8 heteroatoms. The number of amides is 2. The number of aromatic nitrogens is 1. The van der Waals surface area contributed by atoms with Gasteiger partial charge in [0.1, 0.15) is 10.8 Å². The number of rotatable bonds is 6. The lowest BCUT2D eigenvalue weighted by Gasteiger charge is -2.08. The molecule has 0 fully saturated rings. The topological polar surface area (TPSA) is 101 Å². The summed E-state index contributed by atoms with van der Waals surface area (Å²) < 4.78 is 5.03. The summed E-state index contributed by atoms with van der Waals surface area (Å²) in [7, 11) is 0. The molecule has 0 aliphatic carbocycles. The van der Waals surface area contributed by atoms with Gasteiger partial charge in [0.2, 0.25) is 0 Å². The van der Waals surface area contributed by atoms with Gasteiger partial charge in [-0.15, -0.1) is 11.3 Å². The van der Waals surface area contributed by atoms with E-state index in [4.69, 9.17) is 9.84 Å². The van der Waals surface area contributed by atoms with Crippen LogP contribution in [0.4, 0.5) is 10.5 Å². The van der Waals surface area contributed by atoms with Crippen molar-refractivity contribution in [3.05, 3.63) is 40.8 Å². The number of benzene rings is 1. The first-order chi connectivity index (χ1) is 10.1. The third-order valence-electron chi connectivity index (χ3n) is 2.34. The average molecular weight is 307 g/mol. The lowest BCUT2D eigenvalue weighted by molar-refractivity contribution is -0.139. The Morgan fingerprint density at radius 3 is 2.95 bits per heavy atom. The number of aliphatic carboxylic acids is 1. The fourth-order valence-corrected chi connectivity index (χ4v) is 2.04. The molecule has 1 heterocycles. The summed E-state index contributed by atoms with van der Waals surface area (Å²) in [5.41, 5.74) is 0.509. The Kier molecular flexibility index (Phi) is 5.10. The number of carbonyl (C=O) groups is 2. The highest BCUT2D eigenvalue weighted by atomic mass is 32.1. The second-order valence-electron chi connectivity index (χ2n) is 3.94. The minimum Gasteiger partial charge on any atom is -0.482 e. The van der Waals surface area contributed by atoms with Crippen LogP contribution in [-0.2, 0) is 11.3 Å². The van der Waals surface area contributed by atoms with Crippen molar-refractivity contribution in [1.82, 2.24) is 10.3 Å². The van der Waals surface area contributed by atoms with Crippen molar-refractivity contribution in [2.24, 2.45) is 0 Å². The first kappa shape index (κ1) is 14.8. The maximum atomic E-state index is 11.7. The van der Waals surface area contributed by atoms with Crippen LogP contribution in [0.3, 0.4) is 0 Å². The molecule has 0 aliphatic rings. The SMILES string of the molecule is O=C(O)COc1cccc(NC(=O)NCc2nccs2)c1. The summed E-state index contributed by atoms with van der Waals surface area (Å²) in [4.78, 5) is 26.2. The number of carbonyl (C=O) groups excluding carboxylic acids is 1. The number of nitrogens with zero attached hydrogens (tertiary/aromatic N) is 1. The van der Waals surface area contributed by atoms with E-state index in [0.29, 0.717) is 18.0 Å². The molecule has 0 radical (unpaired) electrons. The molecule has 0 saturated carbocycles. The van der Waals surface area contributed by atoms with Gasteiger partial charge in [-0.3, -0.25) is 0 Å². The van der Waals surface area contributed by atoms with Crippen LogP contribution in [0.5, 0.6) is 5.75 Å².